The number of methoxy groups -OCH3 is 1. The van der Waals surface area contributed by atoms with E-state index in [4.69, 9.17) is 14.2 Å². The largest absolute Gasteiger partial charge is 0.444 e. The van der Waals surface area contributed by atoms with E-state index in [1.807, 2.05) is 60.7 Å². The van der Waals surface area contributed by atoms with Crippen molar-refractivity contribution in [1.82, 2.24) is 9.97 Å². The second-order valence-corrected chi connectivity index (χ2v) is 8.67. The lowest BCUT2D eigenvalue weighted by Gasteiger charge is -2.38. The Morgan fingerprint density at radius 1 is 0.897 bits per heavy atom. The molecule has 0 saturated carbocycles. The van der Waals surface area contributed by atoms with Crippen molar-refractivity contribution in [3.05, 3.63) is 129 Å². The molecule has 1 aromatic heterocycles. The van der Waals surface area contributed by atoms with Gasteiger partial charge in [0.05, 0.1) is 0 Å². The summed E-state index contributed by atoms with van der Waals surface area (Å²) in [5, 5.41) is 9.72. The van der Waals surface area contributed by atoms with Gasteiger partial charge >= 0.3 is 12.0 Å². The van der Waals surface area contributed by atoms with Crippen molar-refractivity contribution < 1.29 is 28.9 Å². The lowest BCUT2D eigenvalue weighted by molar-refractivity contribution is -0.763. The lowest BCUT2D eigenvalue weighted by atomic mass is 9.81. The summed E-state index contributed by atoms with van der Waals surface area (Å²) in [6.07, 6.45) is -1.41. The van der Waals surface area contributed by atoms with E-state index in [0.717, 1.165) is 0 Å². The molecule has 0 bridgehead atoms. The number of nitrogens with zero attached hydrogens (tertiary/aromatic N) is 3. The third-order valence-corrected chi connectivity index (χ3v) is 5.95. The molecular weight excluding hydrogens is 502 g/mol. The normalized spacial score (nSPS) is 11.9. The molecule has 4 rings (SSSR count). The SMILES string of the molecule is COC(c1ccccc1)(c1ccccc1)C(Oc1nc(C)cc(C)n1)C(=O)Oc1cccc(CO[N+](=O)[O-])c1. The quantitative estimate of drug-likeness (QED) is 0.117. The van der Waals surface area contributed by atoms with E-state index in [1.165, 1.54) is 13.2 Å². The van der Waals surface area contributed by atoms with Crippen LogP contribution >= 0.6 is 0 Å². The fraction of sp³-hybridized carbons (Fsp3) is 0.207. The first-order valence-electron chi connectivity index (χ1n) is 12.0. The number of esters is 1. The molecule has 10 heteroatoms. The number of hydrogen-bond acceptors (Lipinski definition) is 9. The molecule has 1 heterocycles. The molecule has 4 aromatic rings. The maximum atomic E-state index is 14.0. The summed E-state index contributed by atoms with van der Waals surface area (Å²) in [7, 11) is 1.49. The first-order valence-corrected chi connectivity index (χ1v) is 12.0. The van der Waals surface area contributed by atoms with Crippen LogP contribution < -0.4 is 9.47 Å². The van der Waals surface area contributed by atoms with Crippen LogP contribution in [0.5, 0.6) is 11.8 Å². The lowest BCUT2D eigenvalue weighted by Crippen LogP contribution is -2.52. The third kappa shape index (κ3) is 6.36. The van der Waals surface area contributed by atoms with Gasteiger partial charge in [0.25, 0.3) is 5.09 Å². The van der Waals surface area contributed by atoms with Gasteiger partial charge in [0.2, 0.25) is 6.10 Å². The smallest absolute Gasteiger partial charge is 0.356 e. The Morgan fingerprint density at radius 2 is 1.49 bits per heavy atom. The summed E-state index contributed by atoms with van der Waals surface area (Å²) in [5.74, 6) is -0.648. The molecule has 200 valence electrons. The minimum Gasteiger partial charge on any atom is -0.444 e. The second-order valence-electron chi connectivity index (χ2n) is 8.67. The number of aryl methyl sites for hydroxylation is 2. The first kappa shape index (κ1) is 27.2. The molecule has 0 spiro atoms. The number of benzene rings is 3. The Labute approximate surface area is 225 Å². The van der Waals surface area contributed by atoms with Crippen molar-refractivity contribution >= 4 is 5.97 Å². The molecule has 0 N–H and O–H groups in total. The highest BCUT2D eigenvalue weighted by atomic mass is 16.9. The van der Waals surface area contributed by atoms with E-state index in [1.54, 1.807) is 38.1 Å². The van der Waals surface area contributed by atoms with E-state index < -0.39 is 22.8 Å². The van der Waals surface area contributed by atoms with Crippen molar-refractivity contribution in [1.29, 1.82) is 0 Å². The molecule has 0 aliphatic rings. The fourth-order valence-corrected chi connectivity index (χ4v) is 4.33. The first-order chi connectivity index (χ1) is 18.8. The van der Waals surface area contributed by atoms with Gasteiger partial charge in [-0.15, -0.1) is 10.1 Å². The van der Waals surface area contributed by atoms with E-state index in [0.29, 0.717) is 28.1 Å². The minimum atomic E-state index is -1.47. The highest BCUT2D eigenvalue weighted by molar-refractivity contribution is 5.80. The topological polar surface area (TPSA) is 123 Å². The molecule has 39 heavy (non-hydrogen) atoms. The molecule has 0 saturated heterocycles. The van der Waals surface area contributed by atoms with Crippen LogP contribution in [0.2, 0.25) is 0 Å². The summed E-state index contributed by atoms with van der Waals surface area (Å²) >= 11 is 0. The summed E-state index contributed by atoms with van der Waals surface area (Å²) in [5.41, 5.74) is 1.57. The van der Waals surface area contributed by atoms with Crippen molar-refractivity contribution in [3.8, 4) is 11.8 Å². The van der Waals surface area contributed by atoms with E-state index in [2.05, 4.69) is 14.8 Å². The number of rotatable bonds is 11. The van der Waals surface area contributed by atoms with Crippen LogP contribution in [0.25, 0.3) is 0 Å². The molecule has 1 unspecified atom stereocenters. The maximum absolute atomic E-state index is 14.0. The molecule has 0 aliphatic heterocycles. The van der Waals surface area contributed by atoms with Crippen molar-refractivity contribution in [2.45, 2.75) is 32.2 Å². The molecule has 0 aliphatic carbocycles. The van der Waals surface area contributed by atoms with Crippen LogP contribution in [-0.4, -0.2) is 34.2 Å². The third-order valence-electron chi connectivity index (χ3n) is 5.95. The van der Waals surface area contributed by atoms with Crippen molar-refractivity contribution in [2.75, 3.05) is 7.11 Å². The van der Waals surface area contributed by atoms with Crippen molar-refractivity contribution in [2.24, 2.45) is 0 Å². The summed E-state index contributed by atoms with van der Waals surface area (Å²) < 4.78 is 18.2. The number of ether oxygens (including phenoxy) is 3. The molecular formula is C29H27N3O7. The number of carbonyl (C=O) groups is 1. The Hall–Kier alpha value is -4.83. The molecule has 0 radical (unpaired) electrons. The Bertz CT molecular complexity index is 1370. The number of carbonyl (C=O) groups excluding carboxylic acids is 1. The number of hydrogen-bond donors (Lipinski definition) is 0. The van der Waals surface area contributed by atoms with Gasteiger partial charge in [0.1, 0.15) is 12.4 Å². The number of aromatic nitrogens is 2. The van der Waals surface area contributed by atoms with Crippen LogP contribution in [0.1, 0.15) is 28.1 Å². The van der Waals surface area contributed by atoms with Gasteiger partial charge in [0, 0.05) is 18.5 Å². The average Bonchev–Trinajstić information content (AvgIpc) is 2.93. The van der Waals surface area contributed by atoms with Crippen LogP contribution in [0, 0.1) is 24.0 Å². The van der Waals surface area contributed by atoms with E-state index >= 15 is 0 Å². The highest BCUT2D eigenvalue weighted by Gasteiger charge is 2.50. The average molecular weight is 530 g/mol. The molecule has 0 fully saturated rings. The zero-order valence-corrected chi connectivity index (χ0v) is 21.6. The monoisotopic (exact) mass is 529 g/mol. The summed E-state index contributed by atoms with van der Waals surface area (Å²) in [6, 6.07) is 26.4. The Morgan fingerprint density at radius 3 is 2.03 bits per heavy atom. The van der Waals surface area contributed by atoms with E-state index in [9.17, 15) is 14.9 Å². The standard InChI is InChI=1S/C29H27N3O7/c1-20-17-21(2)31-28(30-20)39-26(27(33)38-25-16-10-11-22(18-25)19-37-32(34)35)29(36-3,23-12-6-4-7-13-23)24-14-8-5-9-15-24/h4-18,26H,19H2,1-3H3. The van der Waals surface area contributed by atoms with Gasteiger partial charge in [-0.3, -0.25) is 0 Å². The zero-order valence-electron chi connectivity index (χ0n) is 21.6. The van der Waals surface area contributed by atoms with Gasteiger partial charge in [-0.05, 0) is 48.7 Å². The van der Waals surface area contributed by atoms with E-state index in [-0.39, 0.29) is 18.4 Å². The Kier molecular flexibility index (Phi) is 8.47. The second kappa shape index (κ2) is 12.1. The van der Waals surface area contributed by atoms with Crippen molar-refractivity contribution in [3.63, 3.8) is 0 Å². The highest BCUT2D eigenvalue weighted by Crippen LogP contribution is 2.39. The zero-order chi connectivity index (χ0) is 27.8. The summed E-state index contributed by atoms with van der Waals surface area (Å²) in [4.78, 5) is 37.8. The van der Waals surface area contributed by atoms with Gasteiger partial charge < -0.3 is 19.0 Å². The molecule has 10 nitrogen and oxygen atoms in total. The van der Waals surface area contributed by atoms with Crippen LogP contribution in [0.4, 0.5) is 0 Å². The summed E-state index contributed by atoms with van der Waals surface area (Å²) in [6.45, 7) is 3.29. The van der Waals surface area contributed by atoms with Gasteiger partial charge in [-0.1, -0.05) is 72.8 Å². The van der Waals surface area contributed by atoms with Crippen LogP contribution in [0.15, 0.2) is 91.0 Å². The molecule has 1 atom stereocenters. The molecule has 3 aromatic carbocycles. The minimum absolute atomic E-state index is 0.0177. The predicted octanol–water partition coefficient (Wildman–Crippen LogP) is 4.74. The van der Waals surface area contributed by atoms with Gasteiger partial charge in [-0.2, -0.15) is 0 Å². The predicted molar refractivity (Wildman–Crippen MR) is 140 cm³/mol. The maximum Gasteiger partial charge on any atom is 0.356 e. The van der Waals surface area contributed by atoms with Crippen LogP contribution in [-0.2, 0) is 26.6 Å². The fourth-order valence-electron chi connectivity index (χ4n) is 4.33. The van der Waals surface area contributed by atoms with Gasteiger partial charge in [-0.25, -0.2) is 14.8 Å². The van der Waals surface area contributed by atoms with Crippen LogP contribution in [0.3, 0.4) is 0 Å². The molecule has 0 amide bonds. The van der Waals surface area contributed by atoms with Gasteiger partial charge in [0.15, 0.2) is 5.60 Å². The Balaban J connectivity index is 1.82.